The molecule has 1 heterocycles. The van der Waals surface area contributed by atoms with Gasteiger partial charge in [-0.25, -0.2) is 4.39 Å². The molecule has 0 amide bonds. The molecule has 0 radical (unpaired) electrons. The van der Waals surface area contributed by atoms with E-state index in [-0.39, 0.29) is 5.82 Å². The van der Waals surface area contributed by atoms with Crippen LogP contribution in [0.5, 0.6) is 0 Å². The van der Waals surface area contributed by atoms with Crippen molar-refractivity contribution in [3.8, 4) is 11.3 Å². The van der Waals surface area contributed by atoms with Crippen LogP contribution in [0, 0.1) is 5.82 Å². The van der Waals surface area contributed by atoms with Crippen molar-refractivity contribution in [2.75, 3.05) is 11.9 Å². The summed E-state index contributed by atoms with van der Waals surface area (Å²) in [5, 5.41) is 11.2. The van der Waals surface area contributed by atoms with Gasteiger partial charge in [0.15, 0.2) is 0 Å². The summed E-state index contributed by atoms with van der Waals surface area (Å²) in [7, 11) is 0. The molecular weight excluding hydrogens is 297 g/mol. The monoisotopic (exact) mass is 309 g/mol. The molecule has 94 valence electrons. The molecule has 1 aromatic carbocycles. The Balaban J connectivity index is 2.26. The Morgan fingerprint density at radius 3 is 2.72 bits per heavy atom. The maximum absolute atomic E-state index is 13.9. The molecule has 0 fully saturated rings. The van der Waals surface area contributed by atoms with Gasteiger partial charge < -0.3 is 5.32 Å². The number of rotatable bonds is 4. The molecule has 0 unspecified atom stereocenters. The third-order valence-electron chi connectivity index (χ3n) is 2.45. The topological polar surface area (TPSA) is 37.8 Å². The molecule has 0 saturated heterocycles. The minimum atomic E-state index is -0.318. The summed E-state index contributed by atoms with van der Waals surface area (Å²) >= 11 is 3.16. The number of nitrogens with zero attached hydrogens (tertiary/aromatic N) is 2. The zero-order valence-corrected chi connectivity index (χ0v) is 11.5. The smallest absolute Gasteiger partial charge is 0.148 e. The van der Waals surface area contributed by atoms with Gasteiger partial charge in [-0.1, -0.05) is 13.0 Å². The fourth-order valence-electron chi connectivity index (χ4n) is 1.52. The van der Waals surface area contributed by atoms with Gasteiger partial charge in [0.2, 0.25) is 0 Å². The average molecular weight is 310 g/mol. The van der Waals surface area contributed by atoms with Gasteiger partial charge >= 0.3 is 0 Å². The molecule has 2 aromatic rings. The van der Waals surface area contributed by atoms with E-state index >= 15 is 0 Å². The predicted molar refractivity (Wildman–Crippen MR) is 73.9 cm³/mol. The SMILES string of the molecule is CCCNc1ccc(-c2cccc(Br)c2F)nn1. The average Bonchev–Trinajstić information content (AvgIpc) is 2.40. The molecule has 5 heteroatoms. The van der Waals surface area contributed by atoms with Crippen LogP contribution in [0.1, 0.15) is 13.3 Å². The van der Waals surface area contributed by atoms with E-state index in [0.29, 0.717) is 21.5 Å². The summed E-state index contributed by atoms with van der Waals surface area (Å²) in [6, 6.07) is 8.67. The van der Waals surface area contributed by atoms with Crippen molar-refractivity contribution >= 4 is 21.7 Å². The zero-order valence-electron chi connectivity index (χ0n) is 9.95. The van der Waals surface area contributed by atoms with Gasteiger partial charge in [0.1, 0.15) is 11.6 Å². The summed E-state index contributed by atoms with van der Waals surface area (Å²) in [4.78, 5) is 0. The minimum absolute atomic E-state index is 0.318. The zero-order chi connectivity index (χ0) is 13.0. The first-order chi connectivity index (χ1) is 8.72. The number of hydrogen-bond donors (Lipinski definition) is 1. The summed E-state index contributed by atoms with van der Waals surface area (Å²) in [5.74, 6) is 0.386. The second-order valence-electron chi connectivity index (χ2n) is 3.83. The van der Waals surface area contributed by atoms with Crippen molar-refractivity contribution in [2.45, 2.75) is 13.3 Å². The van der Waals surface area contributed by atoms with Gasteiger partial charge in [0, 0.05) is 12.1 Å². The summed E-state index contributed by atoms with van der Waals surface area (Å²) in [6.07, 6.45) is 1.02. The first-order valence-corrected chi connectivity index (χ1v) is 6.53. The Labute approximate surface area is 114 Å². The molecule has 0 aliphatic heterocycles. The van der Waals surface area contributed by atoms with E-state index in [4.69, 9.17) is 0 Å². The van der Waals surface area contributed by atoms with Crippen molar-refractivity contribution in [3.05, 3.63) is 40.6 Å². The van der Waals surface area contributed by atoms with Crippen LogP contribution in [-0.2, 0) is 0 Å². The maximum Gasteiger partial charge on any atom is 0.148 e. The summed E-state index contributed by atoms with van der Waals surface area (Å²) in [5.41, 5.74) is 0.967. The first kappa shape index (κ1) is 13.0. The molecule has 1 aromatic heterocycles. The lowest BCUT2D eigenvalue weighted by Gasteiger charge is -2.05. The molecule has 0 spiro atoms. The predicted octanol–water partition coefficient (Wildman–Crippen LogP) is 3.87. The molecule has 0 aliphatic rings. The Kier molecular flexibility index (Phi) is 4.25. The van der Waals surface area contributed by atoms with E-state index in [1.807, 2.05) is 0 Å². The normalized spacial score (nSPS) is 10.4. The second kappa shape index (κ2) is 5.91. The Bertz CT molecular complexity index is 528. The van der Waals surface area contributed by atoms with Crippen LogP contribution < -0.4 is 5.32 Å². The fourth-order valence-corrected chi connectivity index (χ4v) is 1.89. The van der Waals surface area contributed by atoms with E-state index in [9.17, 15) is 4.39 Å². The molecule has 0 aliphatic carbocycles. The molecule has 0 atom stereocenters. The van der Waals surface area contributed by atoms with E-state index in [1.54, 1.807) is 30.3 Å². The van der Waals surface area contributed by atoms with E-state index < -0.39 is 0 Å². The summed E-state index contributed by atoms with van der Waals surface area (Å²) in [6.45, 7) is 2.92. The molecule has 3 nitrogen and oxygen atoms in total. The van der Waals surface area contributed by atoms with Gasteiger partial charge in [-0.05, 0) is 46.6 Å². The fraction of sp³-hybridized carbons (Fsp3) is 0.231. The van der Waals surface area contributed by atoms with Crippen LogP contribution in [0.4, 0.5) is 10.2 Å². The Morgan fingerprint density at radius 1 is 1.22 bits per heavy atom. The quantitative estimate of drug-likeness (QED) is 0.931. The van der Waals surface area contributed by atoms with Crippen LogP contribution in [0.2, 0.25) is 0 Å². The molecular formula is C13H13BrFN3. The van der Waals surface area contributed by atoms with Gasteiger partial charge in [0.25, 0.3) is 0 Å². The van der Waals surface area contributed by atoms with E-state index in [2.05, 4.69) is 38.4 Å². The number of benzene rings is 1. The molecule has 18 heavy (non-hydrogen) atoms. The van der Waals surface area contributed by atoms with Crippen molar-refractivity contribution in [2.24, 2.45) is 0 Å². The van der Waals surface area contributed by atoms with E-state index in [1.165, 1.54) is 0 Å². The van der Waals surface area contributed by atoms with Crippen molar-refractivity contribution in [1.82, 2.24) is 10.2 Å². The number of aromatic nitrogens is 2. The second-order valence-corrected chi connectivity index (χ2v) is 4.69. The van der Waals surface area contributed by atoms with Crippen molar-refractivity contribution in [1.29, 1.82) is 0 Å². The van der Waals surface area contributed by atoms with Crippen LogP contribution in [0.3, 0.4) is 0 Å². The Hall–Kier alpha value is -1.49. The standard InChI is InChI=1S/C13H13BrFN3/c1-2-8-16-12-7-6-11(17-18-12)9-4-3-5-10(14)13(9)15/h3-7H,2,8H2,1H3,(H,16,18). The molecule has 0 saturated carbocycles. The number of hydrogen-bond acceptors (Lipinski definition) is 3. The highest BCUT2D eigenvalue weighted by molar-refractivity contribution is 9.10. The highest BCUT2D eigenvalue weighted by Crippen LogP contribution is 2.26. The van der Waals surface area contributed by atoms with Crippen LogP contribution >= 0.6 is 15.9 Å². The van der Waals surface area contributed by atoms with Gasteiger partial charge in [-0.15, -0.1) is 10.2 Å². The van der Waals surface area contributed by atoms with Crippen LogP contribution in [0.25, 0.3) is 11.3 Å². The highest BCUT2D eigenvalue weighted by atomic mass is 79.9. The highest BCUT2D eigenvalue weighted by Gasteiger charge is 2.09. The van der Waals surface area contributed by atoms with Gasteiger partial charge in [0.05, 0.1) is 10.2 Å². The lowest BCUT2D eigenvalue weighted by atomic mass is 10.1. The van der Waals surface area contributed by atoms with E-state index in [0.717, 1.165) is 13.0 Å². The lowest BCUT2D eigenvalue weighted by Crippen LogP contribution is -2.03. The van der Waals surface area contributed by atoms with Crippen LogP contribution in [-0.4, -0.2) is 16.7 Å². The van der Waals surface area contributed by atoms with Crippen molar-refractivity contribution < 1.29 is 4.39 Å². The number of anilines is 1. The molecule has 1 N–H and O–H groups in total. The van der Waals surface area contributed by atoms with Gasteiger partial charge in [-0.2, -0.15) is 0 Å². The summed E-state index contributed by atoms with van der Waals surface area (Å²) < 4.78 is 14.3. The largest absolute Gasteiger partial charge is 0.369 e. The third-order valence-corrected chi connectivity index (χ3v) is 3.06. The Morgan fingerprint density at radius 2 is 2.06 bits per heavy atom. The van der Waals surface area contributed by atoms with Gasteiger partial charge in [-0.3, -0.25) is 0 Å². The molecule has 0 bridgehead atoms. The van der Waals surface area contributed by atoms with Crippen LogP contribution in [0.15, 0.2) is 34.8 Å². The lowest BCUT2D eigenvalue weighted by molar-refractivity contribution is 0.623. The minimum Gasteiger partial charge on any atom is -0.369 e. The third kappa shape index (κ3) is 2.85. The maximum atomic E-state index is 13.9. The number of halogens is 2. The van der Waals surface area contributed by atoms with Crippen molar-refractivity contribution in [3.63, 3.8) is 0 Å². The number of nitrogens with one attached hydrogen (secondary N) is 1. The first-order valence-electron chi connectivity index (χ1n) is 5.74. The molecule has 2 rings (SSSR count).